The predicted molar refractivity (Wildman–Crippen MR) is 80.0 cm³/mol. The summed E-state index contributed by atoms with van der Waals surface area (Å²) in [7, 11) is 0. The van der Waals surface area contributed by atoms with Gasteiger partial charge in [-0.05, 0) is 48.7 Å². The maximum Gasteiger partial charge on any atom is 0.109 e. The van der Waals surface area contributed by atoms with Crippen LogP contribution in [0.5, 0.6) is 0 Å². The van der Waals surface area contributed by atoms with E-state index >= 15 is 0 Å². The van der Waals surface area contributed by atoms with Crippen LogP contribution in [0.2, 0.25) is 0 Å². The fraction of sp³-hybridized carbons (Fsp3) is 0.200. The number of nitrogens with two attached hydrogens (primary N) is 2. The third-order valence-electron chi connectivity index (χ3n) is 3.15. The zero-order chi connectivity index (χ0) is 13.8. The van der Waals surface area contributed by atoms with E-state index in [-0.39, 0.29) is 0 Å². The van der Waals surface area contributed by atoms with Gasteiger partial charge in [-0.15, -0.1) is 5.11 Å². The minimum atomic E-state index is 0.578. The summed E-state index contributed by atoms with van der Waals surface area (Å²) in [5.41, 5.74) is 16.6. The van der Waals surface area contributed by atoms with E-state index in [0.29, 0.717) is 17.1 Å². The van der Waals surface area contributed by atoms with Crippen molar-refractivity contribution in [2.24, 2.45) is 10.2 Å². The Labute approximate surface area is 113 Å². The molecule has 0 saturated carbocycles. The smallest absolute Gasteiger partial charge is 0.109 e. The van der Waals surface area contributed by atoms with E-state index in [2.05, 4.69) is 17.2 Å². The highest BCUT2D eigenvalue weighted by Gasteiger charge is 2.04. The molecule has 0 heterocycles. The van der Waals surface area contributed by atoms with Gasteiger partial charge in [0.05, 0.1) is 11.4 Å². The van der Waals surface area contributed by atoms with Crippen molar-refractivity contribution in [3.63, 3.8) is 0 Å². The second-order valence-electron chi connectivity index (χ2n) is 4.43. The third-order valence-corrected chi connectivity index (χ3v) is 3.15. The van der Waals surface area contributed by atoms with Crippen LogP contribution in [0.4, 0.5) is 22.7 Å². The summed E-state index contributed by atoms with van der Waals surface area (Å²) < 4.78 is 0. The van der Waals surface area contributed by atoms with E-state index < -0.39 is 0 Å². The summed E-state index contributed by atoms with van der Waals surface area (Å²) in [4.78, 5) is 0. The lowest BCUT2D eigenvalue weighted by molar-refractivity contribution is 1.13. The number of nitrogen functional groups attached to an aromatic ring is 2. The Morgan fingerprint density at radius 3 is 2.26 bits per heavy atom. The maximum atomic E-state index is 5.96. The average Bonchev–Trinajstić information content (AvgIpc) is 2.45. The van der Waals surface area contributed by atoms with E-state index in [4.69, 9.17) is 11.5 Å². The minimum Gasteiger partial charge on any atom is -0.398 e. The van der Waals surface area contributed by atoms with E-state index in [9.17, 15) is 0 Å². The summed E-state index contributed by atoms with van der Waals surface area (Å²) in [5, 5.41) is 8.37. The molecule has 2 aromatic carbocycles. The molecule has 0 aliphatic heterocycles. The molecule has 0 radical (unpaired) electrons. The SMILES string of the molecule is CCc1ccc(N=Nc2ccc(N)c(C)c2N)cc1. The van der Waals surface area contributed by atoms with E-state index in [1.54, 1.807) is 12.1 Å². The van der Waals surface area contributed by atoms with Gasteiger partial charge in [0.25, 0.3) is 0 Å². The molecule has 0 unspecified atom stereocenters. The van der Waals surface area contributed by atoms with E-state index in [0.717, 1.165) is 17.7 Å². The van der Waals surface area contributed by atoms with Gasteiger partial charge in [0.15, 0.2) is 0 Å². The van der Waals surface area contributed by atoms with Gasteiger partial charge in [0.2, 0.25) is 0 Å². The quantitative estimate of drug-likeness (QED) is 0.638. The highest BCUT2D eigenvalue weighted by Crippen LogP contribution is 2.30. The normalized spacial score (nSPS) is 11.1. The Kier molecular flexibility index (Phi) is 3.80. The first-order valence-corrected chi connectivity index (χ1v) is 6.27. The van der Waals surface area contributed by atoms with Crippen LogP contribution in [-0.2, 0) is 6.42 Å². The standard InChI is InChI=1S/C15H18N4/c1-3-11-4-6-12(7-5-11)18-19-14-9-8-13(16)10(2)15(14)17/h4-9H,3,16-17H2,1-2H3. The van der Waals surface area contributed by atoms with Gasteiger partial charge in [-0.25, -0.2) is 0 Å². The van der Waals surface area contributed by atoms with Gasteiger partial charge in [-0.2, -0.15) is 5.11 Å². The number of hydrogen-bond acceptors (Lipinski definition) is 4. The highest BCUT2D eigenvalue weighted by atomic mass is 15.1. The second-order valence-corrected chi connectivity index (χ2v) is 4.43. The van der Waals surface area contributed by atoms with Gasteiger partial charge in [0, 0.05) is 5.69 Å². The highest BCUT2D eigenvalue weighted by molar-refractivity contribution is 5.73. The first-order chi connectivity index (χ1) is 9.11. The lowest BCUT2D eigenvalue weighted by Gasteiger charge is -2.05. The predicted octanol–water partition coefficient (Wildman–Crippen LogP) is 4.14. The third kappa shape index (κ3) is 2.91. The summed E-state index contributed by atoms with van der Waals surface area (Å²) in [5.74, 6) is 0. The molecule has 4 heteroatoms. The van der Waals surface area contributed by atoms with Crippen molar-refractivity contribution in [2.45, 2.75) is 20.3 Å². The number of aryl methyl sites for hydroxylation is 1. The van der Waals surface area contributed by atoms with Gasteiger partial charge in [-0.3, -0.25) is 0 Å². The lowest BCUT2D eigenvalue weighted by atomic mass is 10.1. The molecule has 0 atom stereocenters. The van der Waals surface area contributed by atoms with Crippen molar-refractivity contribution in [1.29, 1.82) is 0 Å². The number of benzene rings is 2. The summed E-state index contributed by atoms with van der Waals surface area (Å²) >= 11 is 0. The minimum absolute atomic E-state index is 0.578. The van der Waals surface area contributed by atoms with Crippen molar-refractivity contribution in [2.75, 3.05) is 11.5 Å². The molecule has 0 fully saturated rings. The molecule has 0 aromatic heterocycles. The number of rotatable bonds is 3. The van der Waals surface area contributed by atoms with Crippen molar-refractivity contribution >= 4 is 22.7 Å². The van der Waals surface area contributed by atoms with Crippen molar-refractivity contribution in [3.05, 3.63) is 47.5 Å². The summed E-state index contributed by atoms with van der Waals surface area (Å²) in [6, 6.07) is 11.6. The van der Waals surface area contributed by atoms with Crippen LogP contribution in [-0.4, -0.2) is 0 Å². The topological polar surface area (TPSA) is 76.8 Å². The van der Waals surface area contributed by atoms with Crippen LogP contribution in [0, 0.1) is 6.92 Å². The van der Waals surface area contributed by atoms with Crippen LogP contribution in [0.25, 0.3) is 0 Å². The molecular formula is C15H18N4. The molecule has 0 spiro atoms. The van der Waals surface area contributed by atoms with Crippen molar-refractivity contribution < 1.29 is 0 Å². The van der Waals surface area contributed by atoms with Crippen molar-refractivity contribution in [3.8, 4) is 0 Å². The van der Waals surface area contributed by atoms with Crippen LogP contribution in [0.1, 0.15) is 18.1 Å². The van der Waals surface area contributed by atoms with Crippen LogP contribution in [0.15, 0.2) is 46.6 Å². The molecule has 0 saturated heterocycles. The fourth-order valence-electron chi connectivity index (χ4n) is 1.73. The maximum absolute atomic E-state index is 5.96. The number of azo groups is 1. The summed E-state index contributed by atoms with van der Waals surface area (Å²) in [6.07, 6.45) is 1.02. The molecular weight excluding hydrogens is 236 g/mol. The molecule has 0 amide bonds. The van der Waals surface area contributed by atoms with E-state index in [1.165, 1.54) is 5.56 Å². The monoisotopic (exact) mass is 254 g/mol. The number of hydrogen-bond donors (Lipinski definition) is 2. The molecule has 0 aliphatic rings. The number of nitrogens with zero attached hydrogens (tertiary/aromatic N) is 2. The first-order valence-electron chi connectivity index (χ1n) is 6.27. The van der Waals surface area contributed by atoms with Crippen LogP contribution in [0.3, 0.4) is 0 Å². The number of anilines is 2. The average molecular weight is 254 g/mol. The molecule has 19 heavy (non-hydrogen) atoms. The Bertz CT molecular complexity index is 600. The Morgan fingerprint density at radius 2 is 1.63 bits per heavy atom. The van der Waals surface area contributed by atoms with Gasteiger partial charge >= 0.3 is 0 Å². The van der Waals surface area contributed by atoms with E-state index in [1.807, 2.05) is 31.2 Å². The van der Waals surface area contributed by atoms with Gasteiger partial charge < -0.3 is 11.5 Å². The first kappa shape index (κ1) is 13.1. The van der Waals surface area contributed by atoms with Crippen molar-refractivity contribution in [1.82, 2.24) is 0 Å². The molecule has 2 aromatic rings. The largest absolute Gasteiger partial charge is 0.398 e. The molecule has 4 N–H and O–H groups in total. The Hall–Kier alpha value is -2.36. The Morgan fingerprint density at radius 1 is 0.947 bits per heavy atom. The Balaban J connectivity index is 2.25. The molecule has 2 rings (SSSR count). The second kappa shape index (κ2) is 5.52. The zero-order valence-corrected chi connectivity index (χ0v) is 11.2. The zero-order valence-electron chi connectivity index (χ0n) is 11.2. The summed E-state index contributed by atoms with van der Waals surface area (Å²) in [6.45, 7) is 3.99. The van der Waals surface area contributed by atoms with Gasteiger partial charge in [-0.1, -0.05) is 19.1 Å². The fourth-order valence-corrected chi connectivity index (χ4v) is 1.73. The van der Waals surface area contributed by atoms with Crippen LogP contribution < -0.4 is 11.5 Å². The van der Waals surface area contributed by atoms with Gasteiger partial charge in [0.1, 0.15) is 5.69 Å². The molecule has 98 valence electrons. The molecule has 0 aliphatic carbocycles. The molecule has 0 bridgehead atoms. The van der Waals surface area contributed by atoms with Crippen LogP contribution >= 0.6 is 0 Å². The molecule has 4 nitrogen and oxygen atoms in total. The lowest BCUT2D eigenvalue weighted by Crippen LogP contribution is -1.95.